The third kappa shape index (κ3) is 2.70. The number of aromatic nitrogens is 2. The number of rotatable bonds is 3. The van der Waals surface area contributed by atoms with Crippen molar-refractivity contribution < 1.29 is 13.9 Å². The summed E-state index contributed by atoms with van der Waals surface area (Å²) in [5.74, 6) is 1.10. The summed E-state index contributed by atoms with van der Waals surface area (Å²) in [6, 6.07) is 3.03. The van der Waals surface area contributed by atoms with Crippen LogP contribution in [0.2, 0.25) is 0 Å². The second-order valence-electron chi connectivity index (χ2n) is 6.17. The Kier molecular flexibility index (Phi) is 3.87. The summed E-state index contributed by atoms with van der Waals surface area (Å²) in [4.78, 5) is 11.5. The fraction of sp³-hybridized carbons (Fsp3) is 0.333. The molecule has 3 heterocycles. The van der Waals surface area contributed by atoms with Crippen molar-refractivity contribution in [2.45, 2.75) is 36.6 Å². The number of fused-ring (bicyclic) bond motifs is 4. The Bertz CT molecular complexity index is 973. The summed E-state index contributed by atoms with van der Waals surface area (Å²) in [5.41, 5.74) is 3.03. The van der Waals surface area contributed by atoms with E-state index in [2.05, 4.69) is 9.97 Å². The highest BCUT2D eigenvalue weighted by molar-refractivity contribution is 7.98. The molecule has 4 nitrogen and oxygen atoms in total. The molecule has 25 heavy (non-hydrogen) atoms. The predicted molar refractivity (Wildman–Crippen MR) is 95.7 cm³/mol. The van der Waals surface area contributed by atoms with Gasteiger partial charge in [-0.25, -0.2) is 14.4 Å². The Balaban J connectivity index is 1.50. The number of benzene rings is 1. The SMILES string of the molecule is Fc1cc2c(c(CSc3ncnc4sc5c(c34)CCC5)c1)OCOC2. The van der Waals surface area contributed by atoms with Gasteiger partial charge in [-0.3, -0.25) is 0 Å². The van der Waals surface area contributed by atoms with Crippen LogP contribution in [0.25, 0.3) is 10.2 Å². The minimum atomic E-state index is -0.257. The largest absolute Gasteiger partial charge is 0.467 e. The van der Waals surface area contributed by atoms with Crippen LogP contribution in [0.4, 0.5) is 4.39 Å². The minimum Gasteiger partial charge on any atom is -0.467 e. The normalized spacial score (nSPS) is 15.9. The van der Waals surface area contributed by atoms with Gasteiger partial charge in [0.25, 0.3) is 0 Å². The molecule has 7 heteroatoms. The zero-order valence-corrected chi connectivity index (χ0v) is 15.0. The topological polar surface area (TPSA) is 44.2 Å². The van der Waals surface area contributed by atoms with Crippen molar-refractivity contribution in [1.29, 1.82) is 0 Å². The Morgan fingerprint density at radius 2 is 2.20 bits per heavy atom. The summed E-state index contributed by atoms with van der Waals surface area (Å²) >= 11 is 3.41. The minimum absolute atomic E-state index is 0.214. The summed E-state index contributed by atoms with van der Waals surface area (Å²) in [7, 11) is 0. The molecule has 0 unspecified atom stereocenters. The molecule has 1 aromatic carbocycles. The van der Waals surface area contributed by atoms with Gasteiger partial charge >= 0.3 is 0 Å². The molecule has 0 saturated carbocycles. The fourth-order valence-electron chi connectivity index (χ4n) is 3.52. The molecule has 1 aliphatic heterocycles. The molecule has 2 aromatic heterocycles. The molecule has 1 aliphatic carbocycles. The molecule has 0 atom stereocenters. The zero-order chi connectivity index (χ0) is 16.8. The van der Waals surface area contributed by atoms with Crippen LogP contribution in [-0.4, -0.2) is 16.8 Å². The van der Waals surface area contributed by atoms with Gasteiger partial charge in [-0.2, -0.15) is 0 Å². The van der Waals surface area contributed by atoms with Crippen molar-refractivity contribution in [3.8, 4) is 5.75 Å². The van der Waals surface area contributed by atoms with Crippen molar-refractivity contribution in [3.05, 3.63) is 45.8 Å². The predicted octanol–water partition coefficient (Wildman–Crippen LogP) is 4.48. The van der Waals surface area contributed by atoms with Crippen molar-refractivity contribution >= 4 is 33.3 Å². The lowest BCUT2D eigenvalue weighted by molar-refractivity contribution is -0.0171. The van der Waals surface area contributed by atoms with Gasteiger partial charge in [0.1, 0.15) is 27.8 Å². The van der Waals surface area contributed by atoms with E-state index in [-0.39, 0.29) is 12.6 Å². The van der Waals surface area contributed by atoms with Gasteiger partial charge in [0.05, 0.1) is 6.61 Å². The number of halogens is 1. The van der Waals surface area contributed by atoms with Crippen LogP contribution < -0.4 is 4.74 Å². The highest BCUT2D eigenvalue weighted by Crippen LogP contribution is 2.41. The maximum absolute atomic E-state index is 13.9. The average molecular weight is 374 g/mol. The lowest BCUT2D eigenvalue weighted by atomic mass is 10.1. The van der Waals surface area contributed by atoms with Gasteiger partial charge in [0, 0.05) is 27.1 Å². The molecular formula is C18H15FN2O2S2. The highest BCUT2D eigenvalue weighted by Gasteiger charge is 2.22. The molecule has 0 N–H and O–H groups in total. The standard InChI is InChI=1S/C18H15FN2O2S2/c19-12-4-10-6-22-9-23-16(10)11(5-12)7-24-17-15-13-2-1-3-14(13)25-18(15)21-8-20-17/h4-5,8H,1-3,6-7,9H2. The monoisotopic (exact) mass is 374 g/mol. The lowest BCUT2D eigenvalue weighted by Gasteiger charge is -2.20. The average Bonchev–Trinajstić information content (AvgIpc) is 3.20. The summed E-state index contributed by atoms with van der Waals surface area (Å²) in [6.45, 7) is 0.604. The first-order valence-corrected chi connectivity index (χ1v) is 9.99. The maximum Gasteiger partial charge on any atom is 0.189 e. The van der Waals surface area contributed by atoms with E-state index in [1.54, 1.807) is 35.5 Å². The quantitative estimate of drug-likeness (QED) is 0.500. The molecule has 0 radical (unpaired) electrons. The molecule has 3 aromatic rings. The second kappa shape index (κ2) is 6.23. The number of ether oxygens (including phenoxy) is 2. The first kappa shape index (κ1) is 15.5. The number of nitrogens with zero attached hydrogens (tertiary/aromatic N) is 2. The zero-order valence-electron chi connectivity index (χ0n) is 13.4. The van der Waals surface area contributed by atoms with Gasteiger partial charge < -0.3 is 9.47 Å². The van der Waals surface area contributed by atoms with E-state index in [9.17, 15) is 4.39 Å². The van der Waals surface area contributed by atoms with E-state index in [4.69, 9.17) is 9.47 Å². The molecule has 128 valence electrons. The van der Waals surface area contributed by atoms with E-state index >= 15 is 0 Å². The molecule has 5 rings (SSSR count). The molecule has 2 aliphatic rings. The molecule has 0 saturated heterocycles. The molecule has 0 bridgehead atoms. The first-order chi connectivity index (χ1) is 12.3. The molecule has 0 fully saturated rings. The van der Waals surface area contributed by atoms with Gasteiger partial charge in [0.15, 0.2) is 6.79 Å². The Morgan fingerprint density at radius 1 is 1.24 bits per heavy atom. The van der Waals surface area contributed by atoms with Crippen LogP contribution in [0, 0.1) is 5.82 Å². The number of aryl methyl sites for hydroxylation is 2. The van der Waals surface area contributed by atoms with Gasteiger partial charge in [-0.1, -0.05) is 0 Å². The van der Waals surface area contributed by atoms with Crippen LogP contribution in [0.3, 0.4) is 0 Å². The summed E-state index contributed by atoms with van der Waals surface area (Å²) < 4.78 is 24.8. The number of hydrogen-bond acceptors (Lipinski definition) is 6. The van der Waals surface area contributed by atoms with Crippen LogP contribution in [0.5, 0.6) is 5.75 Å². The third-order valence-corrected chi connectivity index (χ3v) is 6.82. The number of thioether (sulfide) groups is 1. The van der Waals surface area contributed by atoms with E-state index < -0.39 is 0 Å². The van der Waals surface area contributed by atoms with Crippen LogP contribution in [0.1, 0.15) is 28.0 Å². The van der Waals surface area contributed by atoms with Crippen molar-refractivity contribution in [1.82, 2.24) is 9.97 Å². The number of hydrogen-bond donors (Lipinski definition) is 0. The Hall–Kier alpha value is -1.70. The molecule has 0 amide bonds. The van der Waals surface area contributed by atoms with E-state index in [0.717, 1.165) is 39.6 Å². The van der Waals surface area contributed by atoms with E-state index in [1.807, 2.05) is 0 Å². The van der Waals surface area contributed by atoms with Crippen molar-refractivity contribution in [2.75, 3.05) is 6.79 Å². The van der Waals surface area contributed by atoms with Crippen LogP contribution in [0.15, 0.2) is 23.5 Å². The maximum atomic E-state index is 13.9. The Labute approximate surface area is 152 Å². The first-order valence-electron chi connectivity index (χ1n) is 8.19. The molecule has 0 spiro atoms. The van der Waals surface area contributed by atoms with Gasteiger partial charge in [-0.15, -0.1) is 23.1 Å². The summed E-state index contributed by atoms with van der Waals surface area (Å²) in [6.07, 6.45) is 5.08. The second-order valence-corrected chi connectivity index (χ2v) is 8.22. The van der Waals surface area contributed by atoms with Crippen molar-refractivity contribution in [2.24, 2.45) is 0 Å². The number of thiophene rings is 1. The van der Waals surface area contributed by atoms with E-state index in [0.29, 0.717) is 12.4 Å². The smallest absolute Gasteiger partial charge is 0.189 e. The van der Waals surface area contributed by atoms with Gasteiger partial charge in [-0.05, 0) is 37.0 Å². The van der Waals surface area contributed by atoms with Crippen LogP contribution >= 0.6 is 23.1 Å². The van der Waals surface area contributed by atoms with Crippen molar-refractivity contribution in [3.63, 3.8) is 0 Å². The van der Waals surface area contributed by atoms with E-state index in [1.165, 1.54) is 28.3 Å². The Morgan fingerprint density at radius 3 is 3.16 bits per heavy atom. The fourth-order valence-corrected chi connectivity index (χ4v) is 5.81. The van der Waals surface area contributed by atoms with Gasteiger partial charge in [0.2, 0.25) is 0 Å². The third-order valence-electron chi connectivity index (χ3n) is 4.58. The summed E-state index contributed by atoms with van der Waals surface area (Å²) in [5, 5.41) is 2.17. The van der Waals surface area contributed by atoms with Crippen LogP contribution in [-0.2, 0) is 29.9 Å². The molecular weight excluding hydrogens is 359 g/mol. The lowest BCUT2D eigenvalue weighted by Crippen LogP contribution is -2.13. The highest BCUT2D eigenvalue weighted by atomic mass is 32.2.